The Kier molecular flexibility index (Phi) is 5.10. The third-order valence-corrected chi connectivity index (χ3v) is 5.07. The summed E-state index contributed by atoms with van der Waals surface area (Å²) in [6.45, 7) is 8.64. The van der Waals surface area contributed by atoms with Gasteiger partial charge in [-0.15, -0.1) is 0 Å². The molecule has 6 heteroatoms. The van der Waals surface area contributed by atoms with Gasteiger partial charge in [0.25, 0.3) is 0 Å². The summed E-state index contributed by atoms with van der Waals surface area (Å²) in [7, 11) is 0. The van der Waals surface area contributed by atoms with E-state index in [1.54, 1.807) is 0 Å². The molecule has 0 saturated carbocycles. The van der Waals surface area contributed by atoms with Crippen LogP contribution < -0.4 is 4.48 Å². The van der Waals surface area contributed by atoms with Gasteiger partial charge in [0.2, 0.25) is 0 Å². The number of hydrogen-bond donors (Lipinski definition) is 0. The standard InChI is InChI=1S/C17H21AsBrN3O/c1-4-23-9-14-21-15-16(22(14)8-10(2)3)12-6-5-11(19)7-13(12)20-17(15)18/h5-7,10H,4,8-9,18H2,1-3H3. The molecule has 3 rings (SSSR count). The van der Waals surface area contributed by atoms with Crippen LogP contribution in [0.4, 0.5) is 0 Å². The van der Waals surface area contributed by atoms with Crippen molar-refractivity contribution in [1.29, 1.82) is 0 Å². The fourth-order valence-corrected chi connectivity index (χ4v) is 3.86. The Bertz CT molecular complexity index is 860. The van der Waals surface area contributed by atoms with Crippen molar-refractivity contribution in [2.24, 2.45) is 5.92 Å². The number of imidazole rings is 1. The van der Waals surface area contributed by atoms with Gasteiger partial charge in [-0.1, -0.05) is 0 Å². The summed E-state index contributed by atoms with van der Waals surface area (Å²) < 4.78 is 10.0. The first-order chi connectivity index (χ1) is 11.0. The average molecular weight is 438 g/mol. The van der Waals surface area contributed by atoms with Gasteiger partial charge in [-0.3, -0.25) is 0 Å². The Morgan fingerprint density at radius 1 is 1.30 bits per heavy atom. The van der Waals surface area contributed by atoms with E-state index in [0.717, 1.165) is 37.7 Å². The summed E-state index contributed by atoms with van der Waals surface area (Å²) in [6, 6.07) is 6.27. The molecule has 0 N–H and O–H groups in total. The Morgan fingerprint density at radius 3 is 2.78 bits per heavy atom. The summed E-state index contributed by atoms with van der Waals surface area (Å²) >= 11 is 5.05. The first-order valence-electron chi connectivity index (χ1n) is 7.82. The van der Waals surface area contributed by atoms with E-state index in [1.807, 2.05) is 6.92 Å². The number of benzene rings is 1. The van der Waals surface area contributed by atoms with Gasteiger partial charge in [-0.25, -0.2) is 0 Å². The zero-order valence-electron chi connectivity index (χ0n) is 13.6. The van der Waals surface area contributed by atoms with Gasteiger partial charge in [0.1, 0.15) is 0 Å². The number of nitrogens with zero attached hydrogens (tertiary/aromatic N) is 3. The molecule has 0 saturated heterocycles. The Balaban J connectivity index is 2.33. The van der Waals surface area contributed by atoms with E-state index in [2.05, 4.69) is 52.5 Å². The molecule has 2 heterocycles. The van der Waals surface area contributed by atoms with Crippen LogP contribution in [0.15, 0.2) is 22.7 Å². The predicted octanol–water partition coefficient (Wildman–Crippen LogP) is 2.80. The minimum absolute atomic E-state index is 0.539. The van der Waals surface area contributed by atoms with Gasteiger partial charge in [-0.05, 0) is 0 Å². The minimum atomic E-state index is 0.539. The maximum absolute atomic E-state index is 5.64. The van der Waals surface area contributed by atoms with Gasteiger partial charge in [-0.2, -0.15) is 0 Å². The van der Waals surface area contributed by atoms with Crippen LogP contribution in [0, 0.1) is 5.92 Å². The molecular formula is C17H21AsBrN3O. The molecular weight excluding hydrogens is 417 g/mol. The molecule has 2 aromatic heterocycles. The SMILES string of the molecule is CCOCc1nc2c([AsH2])nc3cc(Br)ccc3c2n1CC(C)C. The van der Waals surface area contributed by atoms with Crippen LogP contribution in [0.5, 0.6) is 0 Å². The van der Waals surface area contributed by atoms with Crippen LogP contribution in [0.2, 0.25) is 0 Å². The van der Waals surface area contributed by atoms with Gasteiger partial charge < -0.3 is 0 Å². The number of halogens is 1. The van der Waals surface area contributed by atoms with Crippen LogP contribution in [-0.4, -0.2) is 38.0 Å². The quantitative estimate of drug-likeness (QED) is 0.576. The molecule has 23 heavy (non-hydrogen) atoms. The van der Waals surface area contributed by atoms with E-state index >= 15 is 0 Å². The zero-order valence-corrected chi connectivity index (χ0v) is 17.6. The van der Waals surface area contributed by atoms with E-state index in [0.29, 0.717) is 19.1 Å². The van der Waals surface area contributed by atoms with Crippen LogP contribution >= 0.6 is 15.9 Å². The molecule has 1 atom stereocenters. The molecule has 0 radical (unpaired) electrons. The summed E-state index contributed by atoms with van der Waals surface area (Å²) in [6.07, 6.45) is 0. The Labute approximate surface area is 153 Å². The number of rotatable bonds is 5. The summed E-state index contributed by atoms with van der Waals surface area (Å²) in [4.78, 5) is 9.61. The monoisotopic (exact) mass is 437 g/mol. The molecule has 4 nitrogen and oxygen atoms in total. The Hall–Kier alpha value is -0.902. The maximum atomic E-state index is 5.64. The second-order valence-electron chi connectivity index (χ2n) is 6.03. The van der Waals surface area contributed by atoms with Crippen molar-refractivity contribution in [3.8, 4) is 0 Å². The van der Waals surface area contributed by atoms with Gasteiger partial charge in [0.15, 0.2) is 0 Å². The molecule has 0 aliphatic heterocycles. The zero-order chi connectivity index (χ0) is 16.6. The molecule has 1 unspecified atom stereocenters. The summed E-state index contributed by atoms with van der Waals surface area (Å²) in [5.41, 5.74) is 3.21. The number of fused-ring (bicyclic) bond motifs is 3. The summed E-state index contributed by atoms with van der Waals surface area (Å²) in [5.74, 6) is 1.53. The number of hydrogen-bond acceptors (Lipinski definition) is 3. The number of ether oxygens (including phenoxy) is 1. The molecule has 1 aromatic carbocycles. The van der Waals surface area contributed by atoms with Crippen molar-refractivity contribution >= 4 is 59.2 Å². The van der Waals surface area contributed by atoms with E-state index in [1.165, 1.54) is 22.4 Å². The van der Waals surface area contributed by atoms with Crippen molar-refractivity contribution in [3.05, 3.63) is 28.5 Å². The molecule has 0 aliphatic carbocycles. The van der Waals surface area contributed by atoms with Crippen molar-refractivity contribution in [1.82, 2.24) is 14.5 Å². The van der Waals surface area contributed by atoms with Crippen molar-refractivity contribution in [2.45, 2.75) is 33.9 Å². The molecule has 0 bridgehead atoms. The second-order valence-corrected chi connectivity index (χ2v) is 8.09. The normalized spacial score (nSPS) is 11.9. The van der Waals surface area contributed by atoms with E-state index in [-0.39, 0.29) is 0 Å². The van der Waals surface area contributed by atoms with Gasteiger partial charge in [0, 0.05) is 0 Å². The number of pyridine rings is 1. The van der Waals surface area contributed by atoms with Crippen LogP contribution in [0.25, 0.3) is 21.9 Å². The summed E-state index contributed by atoms with van der Waals surface area (Å²) in [5, 5.41) is 1.15. The predicted molar refractivity (Wildman–Crippen MR) is 101 cm³/mol. The van der Waals surface area contributed by atoms with E-state index in [9.17, 15) is 0 Å². The van der Waals surface area contributed by atoms with E-state index < -0.39 is 0 Å². The van der Waals surface area contributed by atoms with Crippen LogP contribution in [0.3, 0.4) is 0 Å². The van der Waals surface area contributed by atoms with Crippen molar-refractivity contribution < 1.29 is 4.74 Å². The Morgan fingerprint density at radius 2 is 2.09 bits per heavy atom. The number of aromatic nitrogens is 3. The molecule has 0 aliphatic rings. The molecule has 122 valence electrons. The third-order valence-electron chi connectivity index (χ3n) is 3.73. The van der Waals surface area contributed by atoms with Gasteiger partial charge >= 0.3 is 153 Å². The van der Waals surface area contributed by atoms with E-state index in [4.69, 9.17) is 14.7 Å². The first kappa shape index (κ1) is 16.9. The molecule has 0 fully saturated rings. The molecule has 3 aromatic rings. The van der Waals surface area contributed by atoms with Crippen molar-refractivity contribution in [2.75, 3.05) is 6.61 Å². The fourth-order valence-electron chi connectivity index (χ4n) is 2.80. The average Bonchev–Trinajstić information content (AvgIpc) is 2.84. The van der Waals surface area contributed by atoms with Crippen LogP contribution in [-0.2, 0) is 17.9 Å². The topological polar surface area (TPSA) is 39.9 Å². The second kappa shape index (κ2) is 6.92. The first-order valence-corrected chi connectivity index (χ1v) is 9.83. The third kappa shape index (κ3) is 3.33. The molecule has 0 spiro atoms. The fraction of sp³-hybridized carbons (Fsp3) is 0.412. The molecule has 0 amide bonds. The van der Waals surface area contributed by atoms with Gasteiger partial charge in [0.05, 0.1) is 0 Å². The van der Waals surface area contributed by atoms with Crippen LogP contribution in [0.1, 0.15) is 26.6 Å². The van der Waals surface area contributed by atoms with Crippen molar-refractivity contribution in [3.63, 3.8) is 0 Å².